The normalized spacial score (nSPS) is 18.5. The molecule has 0 atom stereocenters. The molecule has 1 aliphatic rings. The minimum absolute atomic E-state index is 0.161. The van der Waals surface area contributed by atoms with Crippen molar-refractivity contribution in [1.29, 1.82) is 0 Å². The maximum absolute atomic E-state index is 12.7. The number of nitrogens with zero attached hydrogens (tertiary/aromatic N) is 2. The molecule has 0 unspecified atom stereocenters. The molecule has 1 aliphatic carbocycles. The van der Waals surface area contributed by atoms with Gasteiger partial charge in [0.2, 0.25) is 0 Å². The van der Waals surface area contributed by atoms with Crippen LogP contribution in [0.5, 0.6) is 0 Å². The van der Waals surface area contributed by atoms with Crippen molar-refractivity contribution in [2.24, 2.45) is 5.73 Å². The molecule has 0 spiro atoms. The van der Waals surface area contributed by atoms with Crippen LogP contribution in [0, 0.1) is 0 Å². The van der Waals surface area contributed by atoms with Crippen molar-refractivity contribution in [1.82, 2.24) is 9.38 Å². The number of rotatable bonds is 2. The van der Waals surface area contributed by atoms with Crippen LogP contribution < -0.4 is 5.73 Å². The van der Waals surface area contributed by atoms with Crippen LogP contribution in [-0.2, 0) is 11.6 Å². The average Bonchev–Trinajstić information content (AvgIpc) is 2.71. The van der Waals surface area contributed by atoms with E-state index in [4.69, 9.17) is 5.73 Å². The fraction of sp³-hybridized carbons (Fsp3) is 0.462. The zero-order valence-electron chi connectivity index (χ0n) is 10.2. The number of aromatic nitrogens is 2. The first-order chi connectivity index (χ1) is 8.96. The molecule has 0 aromatic carbocycles. The van der Waals surface area contributed by atoms with Crippen molar-refractivity contribution in [2.75, 3.05) is 6.54 Å². The van der Waals surface area contributed by atoms with Crippen LogP contribution in [0.15, 0.2) is 24.5 Å². The Labute approximate surface area is 108 Å². The molecule has 19 heavy (non-hydrogen) atoms. The van der Waals surface area contributed by atoms with E-state index < -0.39 is 11.7 Å². The number of imidazole rings is 1. The van der Waals surface area contributed by atoms with E-state index >= 15 is 0 Å². The molecule has 1 saturated carbocycles. The molecule has 0 amide bonds. The minimum atomic E-state index is -4.33. The fourth-order valence-electron chi connectivity index (χ4n) is 2.69. The van der Waals surface area contributed by atoms with Crippen molar-refractivity contribution in [3.8, 4) is 0 Å². The van der Waals surface area contributed by atoms with Crippen LogP contribution in [-0.4, -0.2) is 15.9 Å². The highest BCUT2D eigenvalue weighted by Gasteiger charge is 2.41. The largest absolute Gasteiger partial charge is 0.416 e. The molecule has 2 aromatic heterocycles. The summed E-state index contributed by atoms with van der Waals surface area (Å²) in [6.45, 7) is 0.479. The lowest BCUT2D eigenvalue weighted by Gasteiger charge is -2.39. The maximum atomic E-state index is 12.7. The Kier molecular flexibility index (Phi) is 2.60. The zero-order valence-corrected chi connectivity index (χ0v) is 10.2. The van der Waals surface area contributed by atoms with E-state index in [0.29, 0.717) is 12.1 Å². The van der Waals surface area contributed by atoms with E-state index in [-0.39, 0.29) is 5.41 Å². The Morgan fingerprint density at radius 1 is 1.37 bits per heavy atom. The SMILES string of the molecule is NCC1(c2ncc3cc(C(F)(F)F)ccn23)CCC1. The zero-order chi connectivity index (χ0) is 13.7. The van der Waals surface area contributed by atoms with Gasteiger partial charge in [0.15, 0.2) is 0 Å². The number of halogens is 3. The summed E-state index contributed by atoms with van der Waals surface area (Å²) in [5.41, 5.74) is 5.47. The van der Waals surface area contributed by atoms with E-state index in [9.17, 15) is 13.2 Å². The average molecular weight is 269 g/mol. The summed E-state index contributed by atoms with van der Waals surface area (Å²) in [7, 11) is 0. The van der Waals surface area contributed by atoms with Gasteiger partial charge >= 0.3 is 6.18 Å². The molecule has 2 heterocycles. The molecule has 0 radical (unpaired) electrons. The second-order valence-corrected chi connectivity index (χ2v) is 5.13. The molecular weight excluding hydrogens is 255 g/mol. The van der Waals surface area contributed by atoms with Crippen LogP contribution in [0.1, 0.15) is 30.7 Å². The van der Waals surface area contributed by atoms with E-state index in [1.54, 1.807) is 4.40 Å². The maximum Gasteiger partial charge on any atom is 0.416 e. The Bertz CT molecular complexity index is 606. The lowest BCUT2D eigenvalue weighted by Crippen LogP contribution is -2.43. The Morgan fingerprint density at radius 3 is 2.63 bits per heavy atom. The van der Waals surface area contributed by atoms with E-state index in [0.717, 1.165) is 37.2 Å². The second kappa shape index (κ2) is 3.96. The molecule has 6 heteroatoms. The summed E-state index contributed by atoms with van der Waals surface area (Å²) >= 11 is 0. The van der Waals surface area contributed by atoms with Crippen LogP contribution in [0.4, 0.5) is 13.2 Å². The van der Waals surface area contributed by atoms with Gasteiger partial charge in [-0.1, -0.05) is 6.42 Å². The fourth-order valence-corrected chi connectivity index (χ4v) is 2.69. The molecule has 2 aromatic rings. The van der Waals surface area contributed by atoms with Gasteiger partial charge < -0.3 is 10.1 Å². The van der Waals surface area contributed by atoms with Gasteiger partial charge in [-0.2, -0.15) is 13.2 Å². The number of hydrogen-bond acceptors (Lipinski definition) is 2. The quantitative estimate of drug-likeness (QED) is 0.911. The van der Waals surface area contributed by atoms with Crippen LogP contribution in [0.3, 0.4) is 0 Å². The highest BCUT2D eigenvalue weighted by molar-refractivity contribution is 5.50. The molecule has 1 fully saturated rings. The number of fused-ring (bicyclic) bond motifs is 1. The van der Waals surface area contributed by atoms with E-state index in [2.05, 4.69) is 4.98 Å². The number of nitrogens with two attached hydrogens (primary N) is 1. The Balaban J connectivity index is 2.10. The van der Waals surface area contributed by atoms with E-state index in [1.807, 2.05) is 0 Å². The standard InChI is InChI=1S/C13H14F3N3/c14-13(15,16)9-2-5-19-10(6-9)7-18-11(19)12(8-17)3-1-4-12/h2,5-7H,1,3-4,8,17H2. The number of alkyl halides is 3. The number of pyridine rings is 1. The predicted octanol–water partition coefficient (Wildman–Crippen LogP) is 2.73. The van der Waals surface area contributed by atoms with Gasteiger partial charge in [-0.3, -0.25) is 0 Å². The topological polar surface area (TPSA) is 43.3 Å². The molecule has 0 bridgehead atoms. The molecule has 3 nitrogen and oxygen atoms in total. The summed E-state index contributed by atoms with van der Waals surface area (Å²) in [4.78, 5) is 4.30. The monoisotopic (exact) mass is 269 g/mol. The summed E-state index contributed by atoms with van der Waals surface area (Å²) in [6, 6.07) is 2.21. The van der Waals surface area contributed by atoms with Crippen molar-refractivity contribution in [3.05, 3.63) is 35.9 Å². The van der Waals surface area contributed by atoms with Crippen molar-refractivity contribution >= 4 is 5.52 Å². The van der Waals surface area contributed by atoms with Gasteiger partial charge in [-0.05, 0) is 25.0 Å². The summed E-state index contributed by atoms with van der Waals surface area (Å²) in [5.74, 6) is 0.782. The van der Waals surface area contributed by atoms with Crippen LogP contribution >= 0.6 is 0 Å². The van der Waals surface area contributed by atoms with Crippen molar-refractivity contribution in [2.45, 2.75) is 30.9 Å². The van der Waals surface area contributed by atoms with Gasteiger partial charge in [-0.15, -0.1) is 0 Å². The Hall–Kier alpha value is -1.56. The van der Waals surface area contributed by atoms with E-state index in [1.165, 1.54) is 12.4 Å². The number of hydrogen-bond donors (Lipinski definition) is 1. The molecule has 102 valence electrons. The van der Waals surface area contributed by atoms with Crippen LogP contribution in [0.2, 0.25) is 0 Å². The van der Waals surface area contributed by atoms with Crippen LogP contribution in [0.25, 0.3) is 5.52 Å². The molecule has 0 saturated heterocycles. The molecule has 3 rings (SSSR count). The highest BCUT2D eigenvalue weighted by atomic mass is 19.4. The molecule has 0 aliphatic heterocycles. The summed E-state index contributed by atoms with van der Waals surface area (Å²) in [6.07, 6.45) is 1.59. The Morgan fingerprint density at radius 2 is 2.11 bits per heavy atom. The van der Waals surface area contributed by atoms with Crippen molar-refractivity contribution < 1.29 is 13.2 Å². The summed E-state index contributed by atoms with van der Waals surface area (Å²) in [5, 5.41) is 0. The summed E-state index contributed by atoms with van der Waals surface area (Å²) < 4.78 is 39.7. The molecular formula is C13H14F3N3. The first-order valence-corrected chi connectivity index (χ1v) is 6.21. The lowest BCUT2D eigenvalue weighted by atomic mass is 9.68. The first-order valence-electron chi connectivity index (χ1n) is 6.21. The third-order valence-electron chi connectivity index (χ3n) is 4.04. The first kappa shape index (κ1) is 12.5. The highest BCUT2D eigenvalue weighted by Crippen LogP contribution is 2.42. The smallest absolute Gasteiger partial charge is 0.329 e. The molecule has 2 N–H and O–H groups in total. The van der Waals surface area contributed by atoms with Gasteiger partial charge in [0, 0.05) is 18.2 Å². The minimum Gasteiger partial charge on any atom is -0.329 e. The predicted molar refractivity (Wildman–Crippen MR) is 64.8 cm³/mol. The van der Waals surface area contributed by atoms with Gasteiger partial charge in [0.25, 0.3) is 0 Å². The van der Waals surface area contributed by atoms with Gasteiger partial charge in [0.05, 0.1) is 17.3 Å². The van der Waals surface area contributed by atoms with Gasteiger partial charge in [0.1, 0.15) is 5.82 Å². The lowest BCUT2D eigenvalue weighted by molar-refractivity contribution is -0.137. The van der Waals surface area contributed by atoms with Crippen molar-refractivity contribution in [3.63, 3.8) is 0 Å². The third kappa shape index (κ3) is 1.82. The third-order valence-corrected chi connectivity index (χ3v) is 4.04. The van der Waals surface area contributed by atoms with Gasteiger partial charge in [-0.25, -0.2) is 4.98 Å². The second-order valence-electron chi connectivity index (χ2n) is 5.13.